The minimum atomic E-state index is -0.00761. The summed E-state index contributed by atoms with van der Waals surface area (Å²) in [7, 11) is 1.93. The summed E-state index contributed by atoms with van der Waals surface area (Å²) in [6, 6.07) is 13.4. The number of hydrogen-bond donors (Lipinski definition) is 1. The molecule has 1 aromatic carbocycles. The molecular formula is C26H29N5O2. The zero-order valence-corrected chi connectivity index (χ0v) is 19.3. The van der Waals surface area contributed by atoms with Crippen molar-refractivity contribution < 1.29 is 4.52 Å². The summed E-state index contributed by atoms with van der Waals surface area (Å²) >= 11 is 0. The Labute approximate surface area is 193 Å². The van der Waals surface area contributed by atoms with Crippen LogP contribution in [0.2, 0.25) is 0 Å². The highest BCUT2D eigenvalue weighted by molar-refractivity contribution is 5.66. The van der Waals surface area contributed by atoms with E-state index in [0.29, 0.717) is 29.6 Å². The van der Waals surface area contributed by atoms with Crippen LogP contribution < -0.4 is 10.9 Å². The lowest BCUT2D eigenvalue weighted by molar-refractivity contribution is 0.433. The Hall–Kier alpha value is -3.58. The van der Waals surface area contributed by atoms with Gasteiger partial charge in [0.25, 0.3) is 5.56 Å². The Morgan fingerprint density at radius 3 is 2.55 bits per heavy atom. The molecule has 0 saturated heterocycles. The van der Waals surface area contributed by atoms with Gasteiger partial charge in [0.05, 0.1) is 18.1 Å². The van der Waals surface area contributed by atoms with E-state index in [1.54, 1.807) is 29.1 Å². The molecule has 0 saturated carbocycles. The predicted molar refractivity (Wildman–Crippen MR) is 129 cm³/mol. The number of aryl methyl sites for hydroxylation is 1. The summed E-state index contributed by atoms with van der Waals surface area (Å²) in [5.74, 6) is 1.12. The molecule has 0 unspecified atom stereocenters. The van der Waals surface area contributed by atoms with Gasteiger partial charge in [0.15, 0.2) is 5.76 Å². The third-order valence-electron chi connectivity index (χ3n) is 5.87. The Morgan fingerprint density at radius 2 is 1.79 bits per heavy atom. The van der Waals surface area contributed by atoms with Gasteiger partial charge in [-0.2, -0.15) is 0 Å². The first-order valence-corrected chi connectivity index (χ1v) is 11.3. The van der Waals surface area contributed by atoms with Crippen LogP contribution in [-0.4, -0.2) is 26.7 Å². The van der Waals surface area contributed by atoms with Gasteiger partial charge in [-0.15, -0.1) is 0 Å². The van der Waals surface area contributed by atoms with Crippen LogP contribution in [0.3, 0.4) is 0 Å². The van der Waals surface area contributed by atoms with Crippen molar-refractivity contribution in [2.24, 2.45) is 5.92 Å². The smallest absolute Gasteiger partial charge is 0.250 e. The lowest BCUT2D eigenvalue weighted by Crippen LogP contribution is -2.19. The molecule has 3 heterocycles. The molecule has 0 aliphatic carbocycles. The highest BCUT2D eigenvalue weighted by Gasteiger charge is 2.12. The van der Waals surface area contributed by atoms with Gasteiger partial charge in [-0.3, -0.25) is 9.78 Å². The van der Waals surface area contributed by atoms with Crippen LogP contribution in [0.15, 0.2) is 70.4 Å². The maximum atomic E-state index is 12.3. The number of rotatable bonds is 9. The molecule has 7 heteroatoms. The summed E-state index contributed by atoms with van der Waals surface area (Å²) in [5.41, 5.74) is 5.03. The van der Waals surface area contributed by atoms with Gasteiger partial charge in [-0.25, -0.2) is 4.98 Å². The molecule has 1 atom stereocenters. The van der Waals surface area contributed by atoms with Crippen molar-refractivity contribution in [3.05, 3.63) is 77.0 Å². The average molecular weight is 444 g/mol. The Morgan fingerprint density at radius 1 is 1.03 bits per heavy atom. The molecule has 4 rings (SSSR count). The lowest BCUT2D eigenvalue weighted by Gasteiger charge is -2.11. The van der Waals surface area contributed by atoms with Crippen LogP contribution in [0.25, 0.3) is 34.0 Å². The topological polar surface area (TPSA) is 85.8 Å². The quantitative estimate of drug-likeness (QED) is 0.401. The summed E-state index contributed by atoms with van der Waals surface area (Å²) < 4.78 is 7.32. The fourth-order valence-electron chi connectivity index (χ4n) is 3.57. The molecule has 0 spiro atoms. The second-order valence-corrected chi connectivity index (χ2v) is 8.34. The zero-order chi connectivity index (χ0) is 23.2. The fourth-order valence-corrected chi connectivity index (χ4v) is 3.57. The van der Waals surface area contributed by atoms with Gasteiger partial charge >= 0.3 is 0 Å². The number of benzene rings is 1. The van der Waals surface area contributed by atoms with Gasteiger partial charge in [-0.1, -0.05) is 49.7 Å². The lowest BCUT2D eigenvalue weighted by atomic mass is 10.1. The third kappa shape index (κ3) is 5.43. The summed E-state index contributed by atoms with van der Waals surface area (Å²) in [6.07, 6.45) is 7.27. The van der Waals surface area contributed by atoms with Crippen molar-refractivity contribution in [2.45, 2.75) is 39.8 Å². The number of hydrogen-bond acceptors (Lipinski definition) is 6. The van der Waals surface area contributed by atoms with Crippen LogP contribution in [0, 0.1) is 5.92 Å². The number of nitrogens with one attached hydrogen (secondary N) is 1. The van der Waals surface area contributed by atoms with Crippen molar-refractivity contribution in [2.75, 3.05) is 7.05 Å². The van der Waals surface area contributed by atoms with Gasteiger partial charge in [0.2, 0.25) is 0 Å². The first-order chi connectivity index (χ1) is 16.1. The van der Waals surface area contributed by atoms with Gasteiger partial charge in [0.1, 0.15) is 11.4 Å². The largest absolute Gasteiger partial charge is 0.354 e. The number of pyridine rings is 1. The Balaban J connectivity index is 1.57. The SMILES string of the molecule is CC[C@H](C)CCn1cc(-c2cncc(-c3cc(-c4ccc(CNC)cc4)no3)n2)ccc1=O. The van der Waals surface area contributed by atoms with E-state index in [4.69, 9.17) is 9.51 Å². The molecule has 1 N–H and O–H groups in total. The highest BCUT2D eigenvalue weighted by atomic mass is 16.5. The summed E-state index contributed by atoms with van der Waals surface area (Å²) in [4.78, 5) is 21.4. The Bertz CT molecular complexity index is 1260. The van der Waals surface area contributed by atoms with Gasteiger partial charge in [-0.05, 0) is 31.0 Å². The van der Waals surface area contributed by atoms with Crippen LogP contribution in [0.4, 0.5) is 0 Å². The molecule has 3 aromatic heterocycles. The van der Waals surface area contributed by atoms with Crippen LogP contribution in [0.5, 0.6) is 0 Å². The van der Waals surface area contributed by atoms with Crippen molar-refractivity contribution in [3.63, 3.8) is 0 Å². The fraction of sp³-hybridized carbons (Fsp3) is 0.308. The monoisotopic (exact) mass is 443 g/mol. The van der Waals surface area contributed by atoms with E-state index in [1.165, 1.54) is 5.56 Å². The van der Waals surface area contributed by atoms with E-state index in [-0.39, 0.29) is 5.56 Å². The van der Waals surface area contributed by atoms with Crippen molar-refractivity contribution >= 4 is 0 Å². The van der Waals surface area contributed by atoms with Crippen molar-refractivity contribution in [1.29, 1.82) is 0 Å². The third-order valence-corrected chi connectivity index (χ3v) is 5.87. The molecule has 170 valence electrons. The van der Waals surface area contributed by atoms with Crippen LogP contribution >= 0.6 is 0 Å². The normalized spacial score (nSPS) is 12.1. The first-order valence-electron chi connectivity index (χ1n) is 11.3. The van der Waals surface area contributed by atoms with Crippen LogP contribution in [0.1, 0.15) is 32.3 Å². The Kier molecular flexibility index (Phi) is 7.10. The van der Waals surface area contributed by atoms with E-state index in [1.807, 2.05) is 31.4 Å². The highest BCUT2D eigenvalue weighted by Crippen LogP contribution is 2.26. The summed E-state index contributed by atoms with van der Waals surface area (Å²) in [6.45, 7) is 5.87. The van der Waals surface area contributed by atoms with E-state index in [9.17, 15) is 4.79 Å². The zero-order valence-electron chi connectivity index (χ0n) is 19.3. The molecule has 0 aliphatic heterocycles. The van der Waals surface area contributed by atoms with Crippen molar-refractivity contribution in [1.82, 2.24) is 25.0 Å². The molecule has 7 nitrogen and oxygen atoms in total. The molecule has 4 aromatic rings. The molecule has 0 bridgehead atoms. The molecule has 0 fully saturated rings. The summed E-state index contributed by atoms with van der Waals surface area (Å²) in [5, 5.41) is 7.35. The maximum absolute atomic E-state index is 12.3. The van der Waals surface area contributed by atoms with Gasteiger partial charge in [0, 0.05) is 42.5 Å². The molecule has 33 heavy (non-hydrogen) atoms. The maximum Gasteiger partial charge on any atom is 0.250 e. The predicted octanol–water partition coefficient (Wildman–Crippen LogP) is 4.78. The standard InChI is InChI=1S/C26H29N5O2/c1-4-18(2)11-12-31-17-21(9-10-26(31)32)23-15-28-16-24(29-23)25-13-22(30-33-25)20-7-5-19(6-8-20)14-27-3/h5-10,13,15-18,27H,4,11-12,14H2,1-3H3/t18-/m0/s1. The van der Waals surface area contributed by atoms with Gasteiger partial charge < -0.3 is 14.4 Å². The number of nitrogens with zero attached hydrogens (tertiary/aromatic N) is 4. The first kappa shape index (κ1) is 22.6. The number of aromatic nitrogens is 4. The minimum Gasteiger partial charge on any atom is -0.354 e. The van der Waals surface area contributed by atoms with E-state index < -0.39 is 0 Å². The second kappa shape index (κ2) is 10.4. The molecular weight excluding hydrogens is 414 g/mol. The molecule has 0 aliphatic rings. The van der Waals surface area contributed by atoms with E-state index in [2.05, 4.69) is 41.4 Å². The van der Waals surface area contributed by atoms with Crippen molar-refractivity contribution in [3.8, 4) is 34.0 Å². The van der Waals surface area contributed by atoms with E-state index in [0.717, 1.165) is 36.2 Å². The second-order valence-electron chi connectivity index (χ2n) is 8.34. The van der Waals surface area contributed by atoms with Crippen LogP contribution in [-0.2, 0) is 13.1 Å². The average Bonchev–Trinajstić information content (AvgIpc) is 3.34. The van der Waals surface area contributed by atoms with E-state index >= 15 is 0 Å². The molecule has 0 radical (unpaired) electrons. The minimum absolute atomic E-state index is 0.00761. The molecule has 0 amide bonds.